The lowest BCUT2D eigenvalue weighted by Gasteiger charge is -2.25. The molecule has 0 aromatic carbocycles. The molecular weight excluding hydrogens is 242 g/mol. The number of Topliss-reactive ketones (excluding diaryl/α,β-unsaturated/α-hetero) is 1. The van der Waals surface area contributed by atoms with E-state index >= 15 is 0 Å². The van der Waals surface area contributed by atoms with Gasteiger partial charge in [-0.25, -0.2) is 0 Å². The van der Waals surface area contributed by atoms with Crippen LogP contribution in [0.1, 0.15) is 48.3 Å². The van der Waals surface area contributed by atoms with E-state index < -0.39 is 12.0 Å². The van der Waals surface area contributed by atoms with Crippen molar-refractivity contribution in [2.75, 3.05) is 6.54 Å². The Morgan fingerprint density at radius 1 is 1.47 bits per heavy atom. The fraction of sp³-hybridized carbons (Fsp3) is 0.733. The van der Waals surface area contributed by atoms with Crippen molar-refractivity contribution in [2.45, 2.75) is 53.0 Å². The zero-order valence-electron chi connectivity index (χ0n) is 13.2. The Morgan fingerprint density at radius 3 is 2.68 bits per heavy atom. The van der Waals surface area contributed by atoms with E-state index in [2.05, 4.69) is 5.32 Å². The highest BCUT2D eigenvalue weighted by molar-refractivity contribution is 5.87. The Labute approximate surface area is 117 Å². The first-order chi connectivity index (χ1) is 9.47. The van der Waals surface area contributed by atoms with Crippen molar-refractivity contribution in [3.8, 4) is 0 Å². The lowest BCUT2D eigenvalue weighted by Crippen LogP contribution is -2.41. The average molecular weight is 270 g/mol. The molecule has 0 bridgehead atoms. The second kappa shape index (κ2) is 9.73. The highest BCUT2D eigenvalue weighted by atomic mass is 16.3. The third-order valence-corrected chi connectivity index (χ3v) is 3.04. The topological polar surface area (TPSA) is 66.4 Å². The van der Waals surface area contributed by atoms with Crippen molar-refractivity contribution in [3.63, 3.8) is 0 Å². The number of allylic oxidation sites excluding steroid dienone is 1. The summed E-state index contributed by atoms with van der Waals surface area (Å²) in [4.78, 5) is 23.8. The molecule has 0 unspecified atom stereocenters. The number of rotatable bonds is 9. The smallest absolute Gasteiger partial charge is 0.226 e. The summed E-state index contributed by atoms with van der Waals surface area (Å²) in [5.74, 6) is -1.26. The second-order valence-corrected chi connectivity index (χ2v) is 4.72. The number of aliphatic hydroxyl groups is 1. The quantitative estimate of drug-likeness (QED) is 0.630. The molecule has 0 heterocycles. The molecule has 0 saturated heterocycles. The van der Waals surface area contributed by atoms with Gasteiger partial charge in [0.25, 0.3) is 0 Å². The number of aliphatic hydroxyl groups excluding tert-OH is 1. The van der Waals surface area contributed by atoms with Crippen LogP contribution in [0.3, 0.4) is 0 Å². The number of carbonyl (C=O) groups is 2. The second-order valence-electron chi connectivity index (χ2n) is 4.72. The van der Waals surface area contributed by atoms with Crippen LogP contribution >= 0.6 is 0 Å². The number of amides is 1. The molecule has 0 aliphatic heterocycles. The molecule has 4 nitrogen and oxygen atoms in total. The van der Waals surface area contributed by atoms with Gasteiger partial charge < -0.3 is 10.4 Å². The molecule has 0 aliphatic carbocycles. The van der Waals surface area contributed by atoms with Crippen LogP contribution in [0.5, 0.6) is 0 Å². The maximum atomic E-state index is 12.0. The number of carbonyl (C=O) groups excluding carboxylic acids is 2. The third-order valence-electron chi connectivity index (χ3n) is 3.04. The maximum absolute atomic E-state index is 12.0. The van der Waals surface area contributed by atoms with E-state index in [1.807, 2.05) is 26.0 Å². The monoisotopic (exact) mass is 270 g/mol. The summed E-state index contributed by atoms with van der Waals surface area (Å²) in [5, 5.41) is 13.0. The van der Waals surface area contributed by atoms with Crippen LogP contribution in [0.25, 0.3) is 0 Å². The molecule has 19 heavy (non-hydrogen) atoms. The summed E-state index contributed by atoms with van der Waals surface area (Å²) in [5.41, 5.74) is 0. The molecule has 2 N–H and O–H groups in total. The van der Waals surface area contributed by atoms with Gasteiger partial charge >= 0.3 is 0 Å². The van der Waals surface area contributed by atoms with Crippen LogP contribution in [0, 0.1) is 11.8 Å². The van der Waals surface area contributed by atoms with Gasteiger partial charge in [-0.3, -0.25) is 9.59 Å². The Balaban J connectivity index is 4.79. The number of ketones is 1. The van der Waals surface area contributed by atoms with Crippen molar-refractivity contribution < 1.29 is 16.1 Å². The van der Waals surface area contributed by atoms with Gasteiger partial charge in [-0.1, -0.05) is 26.0 Å². The predicted molar refractivity (Wildman–Crippen MR) is 76.7 cm³/mol. The van der Waals surface area contributed by atoms with Crippen LogP contribution in [0.4, 0.5) is 0 Å². The van der Waals surface area contributed by atoms with Gasteiger partial charge in [0.2, 0.25) is 5.91 Å². The zero-order chi connectivity index (χ0) is 15.5. The Kier molecular flexibility index (Phi) is 8.14. The van der Waals surface area contributed by atoms with Crippen LogP contribution in [0.15, 0.2) is 12.2 Å². The molecule has 3 atom stereocenters. The van der Waals surface area contributed by atoms with Crippen LogP contribution < -0.4 is 5.32 Å². The molecule has 0 aliphatic rings. The van der Waals surface area contributed by atoms with Gasteiger partial charge in [-0.15, -0.1) is 0 Å². The van der Waals surface area contributed by atoms with E-state index in [0.29, 0.717) is 19.4 Å². The van der Waals surface area contributed by atoms with Crippen LogP contribution in [-0.2, 0) is 9.59 Å². The molecule has 110 valence electrons. The largest absolute Gasteiger partial charge is 0.392 e. The van der Waals surface area contributed by atoms with Crippen molar-refractivity contribution in [3.05, 3.63) is 12.2 Å². The van der Waals surface area contributed by atoms with E-state index in [-0.39, 0.29) is 30.9 Å². The van der Waals surface area contributed by atoms with Crippen LogP contribution in [-0.4, -0.2) is 29.4 Å². The lowest BCUT2D eigenvalue weighted by molar-refractivity contribution is -0.134. The Hall–Kier alpha value is -1.16. The van der Waals surface area contributed by atoms with E-state index in [0.717, 1.165) is 0 Å². The van der Waals surface area contributed by atoms with Crippen molar-refractivity contribution in [1.29, 1.82) is 0 Å². The highest BCUT2D eigenvalue weighted by Gasteiger charge is 2.31. The standard InChI is InChI=1S/C15H27NO3/c1-5-8-11(4)14(18)13(15(19)16-7-3)10-12(17)9-6-2/h5,8,11,13-14,18H,6-7,9-10H2,1-4H3,(H,16,19)/b8-5+/t11-,13+,14-/m1/s1/i2D. The molecule has 0 rings (SSSR count). The van der Waals surface area contributed by atoms with Gasteiger partial charge in [0.1, 0.15) is 5.78 Å². The number of nitrogens with one attached hydrogen (secondary N) is 1. The summed E-state index contributed by atoms with van der Waals surface area (Å²) in [6, 6.07) is 0. The minimum absolute atomic E-state index is 0.0366. The Morgan fingerprint density at radius 2 is 2.16 bits per heavy atom. The average Bonchev–Trinajstić information content (AvgIpc) is 2.42. The van der Waals surface area contributed by atoms with E-state index in [4.69, 9.17) is 1.37 Å². The molecule has 0 saturated carbocycles. The molecule has 0 aromatic heterocycles. The van der Waals surface area contributed by atoms with E-state index in [1.54, 1.807) is 6.92 Å². The molecule has 4 heteroatoms. The highest BCUT2D eigenvalue weighted by Crippen LogP contribution is 2.20. The SMILES string of the molecule is [2H]CCCC(=O)C[C@H](C(=O)NCC)[C@H](O)[C@H](C)/C=C/C. The fourth-order valence-corrected chi connectivity index (χ4v) is 2.00. The third kappa shape index (κ3) is 6.53. The van der Waals surface area contributed by atoms with Gasteiger partial charge in [0.05, 0.1) is 12.0 Å². The summed E-state index contributed by atoms with van der Waals surface area (Å²) in [6.45, 7) is 6.16. The molecule has 1 amide bonds. The first-order valence-electron chi connectivity index (χ1n) is 7.58. The summed E-state index contributed by atoms with van der Waals surface area (Å²) in [7, 11) is 0. The molecular formula is C15H27NO3. The molecule has 0 fully saturated rings. The van der Waals surface area contributed by atoms with Crippen LogP contribution in [0.2, 0.25) is 0 Å². The van der Waals surface area contributed by atoms with Gasteiger partial charge in [-0.05, 0) is 20.3 Å². The summed E-state index contributed by atoms with van der Waals surface area (Å²) < 4.78 is 7.05. The number of hydrogen-bond donors (Lipinski definition) is 2. The molecule has 0 radical (unpaired) electrons. The first kappa shape index (κ1) is 15.9. The molecule has 0 aromatic rings. The fourth-order valence-electron chi connectivity index (χ4n) is 2.00. The van der Waals surface area contributed by atoms with Crippen molar-refractivity contribution in [1.82, 2.24) is 5.32 Å². The predicted octanol–water partition coefficient (Wildman–Crippen LogP) is 2.07. The van der Waals surface area contributed by atoms with E-state index in [1.165, 1.54) is 0 Å². The van der Waals surface area contributed by atoms with Crippen molar-refractivity contribution in [2.24, 2.45) is 11.8 Å². The van der Waals surface area contributed by atoms with Gasteiger partial charge in [0, 0.05) is 26.7 Å². The molecule has 0 spiro atoms. The summed E-state index contributed by atoms with van der Waals surface area (Å²) >= 11 is 0. The first-order valence-corrected chi connectivity index (χ1v) is 6.87. The van der Waals surface area contributed by atoms with Gasteiger partial charge in [0.15, 0.2) is 0 Å². The Bertz CT molecular complexity index is 331. The summed E-state index contributed by atoms with van der Waals surface area (Å²) in [6.07, 6.45) is 3.61. The minimum Gasteiger partial charge on any atom is -0.392 e. The van der Waals surface area contributed by atoms with E-state index in [9.17, 15) is 14.7 Å². The lowest BCUT2D eigenvalue weighted by atomic mass is 9.86. The van der Waals surface area contributed by atoms with Gasteiger partial charge in [-0.2, -0.15) is 0 Å². The normalized spacial score (nSPS) is 16.7. The minimum atomic E-state index is -0.877. The van der Waals surface area contributed by atoms with Crippen molar-refractivity contribution >= 4 is 11.7 Å². The zero-order valence-corrected chi connectivity index (χ0v) is 12.2. The maximum Gasteiger partial charge on any atom is 0.226 e. The number of hydrogen-bond acceptors (Lipinski definition) is 3.